The number of nitriles is 1. The van der Waals surface area contributed by atoms with E-state index in [0.29, 0.717) is 23.7 Å². The van der Waals surface area contributed by atoms with Gasteiger partial charge in [0, 0.05) is 35.8 Å². The molecule has 2 aromatic rings. The minimum Gasteiger partial charge on any atom is -0.487 e. The summed E-state index contributed by atoms with van der Waals surface area (Å²) in [5, 5.41) is 8.97. The Hall–Kier alpha value is -2.56. The first-order chi connectivity index (χ1) is 10.3. The van der Waals surface area contributed by atoms with Gasteiger partial charge >= 0.3 is 0 Å². The molecule has 4 nitrogen and oxygen atoms in total. The van der Waals surface area contributed by atoms with E-state index in [9.17, 15) is 0 Å². The molecule has 0 aliphatic heterocycles. The first-order valence-electron chi connectivity index (χ1n) is 6.30. The van der Waals surface area contributed by atoms with Gasteiger partial charge in [0.15, 0.2) is 0 Å². The fraction of sp³-hybridized carbons (Fsp3) is 0.188. The summed E-state index contributed by atoms with van der Waals surface area (Å²) in [7, 11) is 0. The lowest BCUT2D eigenvalue weighted by molar-refractivity contribution is 0.304. The van der Waals surface area contributed by atoms with Gasteiger partial charge in [-0.1, -0.05) is 17.9 Å². The van der Waals surface area contributed by atoms with Gasteiger partial charge in [-0.2, -0.15) is 5.26 Å². The molecule has 0 amide bonds. The molecule has 0 saturated heterocycles. The van der Waals surface area contributed by atoms with Crippen molar-refractivity contribution in [2.45, 2.75) is 13.0 Å². The molecule has 0 spiro atoms. The lowest BCUT2D eigenvalue weighted by Gasteiger charge is -2.06. The summed E-state index contributed by atoms with van der Waals surface area (Å²) in [5.74, 6) is 7.01. The number of pyridine rings is 2. The second kappa shape index (κ2) is 7.89. The van der Waals surface area contributed by atoms with E-state index in [1.54, 1.807) is 30.7 Å². The molecule has 0 aliphatic carbocycles. The monoisotopic (exact) mass is 297 g/mol. The molecular formula is C16H12ClN3O. The average molecular weight is 298 g/mol. The van der Waals surface area contributed by atoms with Gasteiger partial charge in [-0.25, -0.2) is 4.98 Å². The van der Waals surface area contributed by atoms with Crippen LogP contribution in [0.1, 0.15) is 23.2 Å². The summed E-state index contributed by atoms with van der Waals surface area (Å²) in [6, 6.07) is 7.42. The molecule has 0 aliphatic rings. The fourth-order valence-electron chi connectivity index (χ4n) is 1.59. The Kier molecular flexibility index (Phi) is 5.58. The third-order valence-corrected chi connectivity index (χ3v) is 2.75. The number of hydrogen-bond donors (Lipinski definition) is 0. The van der Waals surface area contributed by atoms with E-state index >= 15 is 0 Å². The van der Waals surface area contributed by atoms with Crippen LogP contribution in [0.4, 0.5) is 0 Å². The number of hydrogen-bond acceptors (Lipinski definition) is 4. The quantitative estimate of drug-likeness (QED) is 0.643. The van der Waals surface area contributed by atoms with Crippen molar-refractivity contribution in [2.75, 3.05) is 5.88 Å². The third kappa shape index (κ3) is 4.49. The third-order valence-electron chi connectivity index (χ3n) is 2.56. The van der Waals surface area contributed by atoms with Crippen LogP contribution in [0.25, 0.3) is 0 Å². The minimum atomic E-state index is 0.261. The van der Waals surface area contributed by atoms with Crippen LogP contribution in [-0.2, 0) is 6.61 Å². The zero-order chi connectivity index (χ0) is 14.9. The first-order valence-corrected chi connectivity index (χ1v) is 6.83. The van der Waals surface area contributed by atoms with Crippen molar-refractivity contribution >= 4 is 11.6 Å². The standard InChI is InChI=1S/C16H12ClN3O/c17-6-2-1-4-13-8-15(11-19-10-13)21-12-14-5-3-7-20-16(14)9-18/h3,5,7-8,10-11H,2,6,12H2. The van der Waals surface area contributed by atoms with Crippen LogP contribution in [0.15, 0.2) is 36.8 Å². The smallest absolute Gasteiger partial charge is 0.147 e. The van der Waals surface area contributed by atoms with Gasteiger partial charge < -0.3 is 4.74 Å². The van der Waals surface area contributed by atoms with Crippen LogP contribution in [0.5, 0.6) is 5.75 Å². The lowest BCUT2D eigenvalue weighted by Crippen LogP contribution is -2.00. The number of nitrogens with zero attached hydrogens (tertiary/aromatic N) is 3. The molecule has 0 aromatic carbocycles. The molecule has 0 unspecified atom stereocenters. The second-order valence-corrected chi connectivity index (χ2v) is 4.44. The van der Waals surface area contributed by atoms with Crippen LogP contribution in [0, 0.1) is 23.2 Å². The normalized spacial score (nSPS) is 9.33. The molecular weight excluding hydrogens is 286 g/mol. The molecule has 0 N–H and O–H groups in total. The van der Waals surface area contributed by atoms with Gasteiger partial charge in [0.05, 0.1) is 6.20 Å². The van der Waals surface area contributed by atoms with Crippen molar-refractivity contribution in [3.8, 4) is 23.7 Å². The summed E-state index contributed by atoms with van der Waals surface area (Å²) in [6.07, 6.45) is 5.48. The van der Waals surface area contributed by atoms with Crippen molar-refractivity contribution in [1.82, 2.24) is 9.97 Å². The average Bonchev–Trinajstić information content (AvgIpc) is 2.54. The number of rotatable bonds is 4. The molecule has 2 aromatic heterocycles. The molecule has 0 fully saturated rings. The number of halogens is 1. The molecule has 0 bridgehead atoms. The Morgan fingerprint density at radius 2 is 2.24 bits per heavy atom. The maximum Gasteiger partial charge on any atom is 0.147 e. The molecule has 21 heavy (non-hydrogen) atoms. The highest BCUT2D eigenvalue weighted by Crippen LogP contribution is 2.14. The maximum atomic E-state index is 8.97. The number of ether oxygens (including phenoxy) is 1. The Morgan fingerprint density at radius 1 is 1.33 bits per heavy atom. The van der Waals surface area contributed by atoms with Crippen LogP contribution >= 0.6 is 11.6 Å². The Morgan fingerprint density at radius 3 is 3.05 bits per heavy atom. The second-order valence-electron chi connectivity index (χ2n) is 4.06. The maximum absolute atomic E-state index is 8.97. The van der Waals surface area contributed by atoms with Crippen LogP contribution in [0.3, 0.4) is 0 Å². The van der Waals surface area contributed by atoms with E-state index in [2.05, 4.69) is 21.8 Å². The zero-order valence-electron chi connectivity index (χ0n) is 11.2. The van der Waals surface area contributed by atoms with Gasteiger partial charge in [0.1, 0.15) is 24.1 Å². The summed E-state index contributed by atoms with van der Waals surface area (Å²) >= 11 is 5.57. The SMILES string of the molecule is N#Cc1ncccc1COc1cncc(C#CCCCl)c1. The number of alkyl halides is 1. The molecule has 0 atom stereocenters. The van der Waals surface area contributed by atoms with E-state index in [-0.39, 0.29) is 6.61 Å². The van der Waals surface area contributed by atoms with E-state index in [1.807, 2.05) is 12.1 Å². The zero-order valence-corrected chi connectivity index (χ0v) is 12.0. The van der Waals surface area contributed by atoms with Crippen molar-refractivity contribution in [2.24, 2.45) is 0 Å². The Labute approximate surface area is 128 Å². The topological polar surface area (TPSA) is 58.8 Å². The van der Waals surface area contributed by atoms with Gasteiger partial charge in [0.25, 0.3) is 0 Å². The van der Waals surface area contributed by atoms with Crippen molar-refractivity contribution in [3.63, 3.8) is 0 Å². The van der Waals surface area contributed by atoms with Crippen molar-refractivity contribution in [1.29, 1.82) is 5.26 Å². The van der Waals surface area contributed by atoms with Gasteiger partial charge in [0.2, 0.25) is 0 Å². The van der Waals surface area contributed by atoms with Gasteiger partial charge in [-0.05, 0) is 12.1 Å². The van der Waals surface area contributed by atoms with Crippen LogP contribution in [0.2, 0.25) is 0 Å². The van der Waals surface area contributed by atoms with Crippen molar-refractivity contribution in [3.05, 3.63) is 53.6 Å². The highest BCUT2D eigenvalue weighted by molar-refractivity contribution is 6.18. The largest absolute Gasteiger partial charge is 0.487 e. The van der Waals surface area contributed by atoms with E-state index in [4.69, 9.17) is 21.6 Å². The molecule has 0 radical (unpaired) electrons. The summed E-state index contributed by atoms with van der Waals surface area (Å²) in [5.41, 5.74) is 1.87. The highest BCUT2D eigenvalue weighted by atomic mass is 35.5. The lowest BCUT2D eigenvalue weighted by atomic mass is 10.2. The van der Waals surface area contributed by atoms with Gasteiger partial charge in [-0.3, -0.25) is 4.98 Å². The van der Waals surface area contributed by atoms with Crippen molar-refractivity contribution < 1.29 is 4.74 Å². The first kappa shape index (κ1) is 14.8. The fourth-order valence-corrected chi connectivity index (χ4v) is 1.69. The molecule has 2 rings (SSSR count). The highest BCUT2D eigenvalue weighted by Gasteiger charge is 2.03. The van der Waals surface area contributed by atoms with E-state index < -0.39 is 0 Å². The summed E-state index contributed by atoms with van der Waals surface area (Å²) < 4.78 is 5.63. The number of aromatic nitrogens is 2. The van der Waals surface area contributed by atoms with Crippen LogP contribution in [-0.4, -0.2) is 15.8 Å². The summed E-state index contributed by atoms with van der Waals surface area (Å²) in [4.78, 5) is 8.06. The molecule has 2 heterocycles. The predicted octanol–water partition coefficient (Wildman–Crippen LogP) is 2.91. The van der Waals surface area contributed by atoms with E-state index in [0.717, 1.165) is 11.1 Å². The van der Waals surface area contributed by atoms with E-state index in [1.165, 1.54) is 0 Å². The Bertz CT molecular complexity index is 713. The predicted molar refractivity (Wildman–Crippen MR) is 79.7 cm³/mol. The minimum absolute atomic E-state index is 0.261. The molecule has 5 heteroatoms. The molecule has 0 saturated carbocycles. The van der Waals surface area contributed by atoms with Gasteiger partial charge in [-0.15, -0.1) is 11.6 Å². The summed E-state index contributed by atoms with van der Waals surface area (Å²) in [6.45, 7) is 0.261. The van der Waals surface area contributed by atoms with Crippen LogP contribution < -0.4 is 4.74 Å². The molecule has 104 valence electrons. The Balaban J connectivity index is 2.06.